The van der Waals surface area contributed by atoms with Crippen LogP contribution in [0.25, 0.3) is 17.0 Å². The van der Waals surface area contributed by atoms with Crippen LogP contribution in [0.1, 0.15) is 68.3 Å². The maximum Gasteiger partial charge on any atom is 0.407 e. The largest absolute Gasteiger partial charge is 0.444 e. The van der Waals surface area contributed by atoms with Crippen LogP contribution in [0.4, 0.5) is 16.4 Å². The van der Waals surface area contributed by atoms with Crippen LogP contribution in [0.5, 0.6) is 0 Å². The van der Waals surface area contributed by atoms with Gasteiger partial charge in [-0.25, -0.2) is 19.7 Å². The van der Waals surface area contributed by atoms with E-state index in [0.717, 1.165) is 60.2 Å². The van der Waals surface area contributed by atoms with Gasteiger partial charge in [-0.2, -0.15) is 0 Å². The average Bonchev–Trinajstić information content (AvgIpc) is 3.24. The zero-order chi connectivity index (χ0) is 30.0. The third kappa shape index (κ3) is 8.00. The predicted molar refractivity (Wildman–Crippen MR) is 173 cm³/mol. The lowest BCUT2D eigenvalue weighted by Crippen LogP contribution is -2.33. The monoisotopic (exact) mass is 571 g/mol. The highest BCUT2D eigenvalue weighted by Gasteiger charge is 2.19. The normalized spacial score (nSPS) is 13.6. The fourth-order valence-electron chi connectivity index (χ4n) is 4.68. The van der Waals surface area contributed by atoms with Crippen LogP contribution >= 0.6 is 0 Å². The van der Waals surface area contributed by atoms with E-state index >= 15 is 0 Å². The van der Waals surface area contributed by atoms with Gasteiger partial charge in [0.05, 0.1) is 23.6 Å². The zero-order valence-electron chi connectivity index (χ0n) is 25.2. The third-order valence-electron chi connectivity index (χ3n) is 6.48. The summed E-state index contributed by atoms with van der Waals surface area (Å²) in [6, 6.07) is 16.0. The van der Waals surface area contributed by atoms with Crippen molar-refractivity contribution >= 4 is 23.4 Å². The first kappa shape index (κ1) is 30.4. The predicted octanol–water partition coefficient (Wildman–Crippen LogP) is 6.98. The van der Waals surface area contributed by atoms with Gasteiger partial charge in [0.15, 0.2) is 11.5 Å². The number of carbonyl (C=O) groups excluding carboxylic acids is 1. The molecule has 0 radical (unpaired) electrons. The molecule has 5 rings (SSSR count). The summed E-state index contributed by atoms with van der Waals surface area (Å²) in [5.74, 6) is 7.98. The van der Waals surface area contributed by atoms with Crippen LogP contribution in [0.15, 0.2) is 67.1 Å². The number of carbonyl (C=O) groups is 1. The molecular formula is C33H45N7O2. The van der Waals surface area contributed by atoms with E-state index < -0.39 is 11.7 Å². The first-order valence-electron chi connectivity index (χ1n) is 14.7. The Morgan fingerprint density at radius 3 is 2.50 bits per heavy atom. The van der Waals surface area contributed by atoms with Crippen molar-refractivity contribution in [2.24, 2.45) is 0 Å². The van der Waals surface area contributed by atoms with Crippen molar-refractivity contribution < 1.29 is 12.4 Å². The molecule has 224 valence electrons. The standard InChI is InChI=1S/C31H35N7O2.C2H6.2H2/c1-31(2,3)40-30(39)33-17-16-24(23-12-7-6-8-13-23)35-27-15-11-14-25(36-27)26-22-34-29-28(32-18-21-38(26)29)37-19-9-4-5-10-20-37;1-2;;/h6-8,11-15,18,21-22,24H,9-10,16-17,19-20H2,1-3H3,(H,33,39)(H,35,36);1-2H3;2*1H. The van der Waals surface area contributed by atoms with Gasteiger partial charge in [0.25, 0.3) is 0 Å². The molecule has 0 spiro atoms. The number of nitrogens with zero attached hydrogens (tertiary/aromatic N) is 5. The molecular weight excluding hydrogens is 526 g/mol. The summed E-state index contributed by atoms with van der Waals surface area (Å²) in [5, 5.41) is 6.43. The van der Waals surface area contributed by atoms with Crippen molar-refractivity contribution in [1.82, 2.24) is 24.7 Å². The highest BCUT2D eigenvalue weighted by atomic mass is 16.6. The number of hydrogen-bond donors (Lipinski definition) is 2. The maximum atomic E-state index is 12.2. The molecule has 42 heavy (non-hydrogen) atoms. The minimum absolute atomic E-state index is 0. The number of amides is 1. The third-order valence-corrected chi connectivity index (χ3v) is 6.48. The van der Waals surface area contributed by atoms with E-state index in [4.69, 9.17) is 14.7 Å². The lowest BCUT2D eigenvalue weighted by Gasteiger charge is -2.22. The maximum absolute atomic E-state index is 12.2. The summed E-state index contributed by atoms with van der Waals surface area (Å²) < 4.78 is 7.43. The number of imidazole rings is 1. The highest BCUT2D eigenvalue weighted by Crippen LogP contribution is 2.27. The lowest BCUT2D eigenvalue weighted by molar-refractivity contribution is 0.0526. The van der Waals surface area contributed by atoms with Gasteiger partial charge in [0.2, 0.25) is 0 Å². The molecule has 1 aromatic carbocycles. The molecule has 4 aromatic rings. The number of alkyl carbamates (subject to hydrolysis) is 1. The minimum Gasteiger partial charge on any atom is -0.444 e. The van der Waals surface area contributed by atoms with E-state index in [2.05, 4.69) is 44.5 Å². The Morgan fingerprint density at radius 1 is 1.05 bits per heavy atom. The summed E-state index contributed by atoms with van der Waals surface area (Å²) in [4.78, 5) is 28.7. The molecule has 0 fully saturated rings. The van der Waals surface area contributed by atoms with E-state index in [1.54, 1.807) is 0 Å². The molecule has 0 saturated carbocycles. The van der Waals surface area contributed by atoms with Gasteiger partial charge in [-0.05, 0) is 44.9 Å². The number of anilines is 2. The summed E-state index contributed by atoms with van der Waals surface area (Å²) >= 11 is 0. The Morgan fingerprint density at radius 2 is 1.79 bits per heavy atom. The van der Waals surface area contributed by atoms with Gasteiger partial charge in [-0.1, -0.05) is 50.2 Å². The van der Waals surface area contributed by atoms with Gasteiger partial charge < -0.3 is 20.3 Å². The summed E-state index contributed by atoms with van der Waals surface area (Å²) in [7, 11) is 0. The Hall–Kier alpha value is -4.58. The summed E-state index contributed by atoms with van der Waals surface area (Å²) in [6.07, 6.45) is 7.45. The van der Waals surface area contributed by atoms with Gasteiger partial charge >= 0.3 is 6.09 Å². The molecule has 2 N–H and O–H groups in total. The quantitative estimate of drug-likeness (QED) is 0.220. The van der Waals surface area contributed by atoms with E-state index in [-0.39, 0.29) is 8.90 Å². The minimum atomic E-state index is -0.540. The molecule has 3 aromatic heterocycles. The van der Waals surface area contributed by atoms with Gasteiger partial charge in [0.1, 0.15) is 11.4 Å². The topological polar surface area (TPSA) is 96.7 Å². The SMILES string of the molecule is CC.CC(C)(C)OC(=O)NCCC(Nc1cccc(-c2cnc3c(N4CCC#CCC4)nccn23)n1)c1ccccc1.[HH].[HH]. The molecule has 1 unspecified atom stereocenters. The van der Waals surface area contributed by atoms with Crippen molar-refractivity contribution in [2.75, 3.05) is 29.9 Å². The number of ether oxygens (including phenoxy) is 1. The fraction of sp³-hybridized carbons (Fsp3) is 0.394. The summed E-state index contributed by atoms with van der Waals surface area (Å²) in [6.45, 7) is 11.7. The van der Waals surface area contributed by atoms with Gasteiger partial charge in [-0.15, -0.1) is 11.8 Å². The van der Waals surface area contributed by atoms with Crippen LogP contribution in [0.3, 0.4) is 0 Å². The van der Waals surface area contributed by atoms with E-state index in [9.17, 15) is 4.79 Å². The summed E-state index contributed by atoms with van der Waals surface area (Å²) in [5.41, 5.74) is 3.05. The Bertz CT molecular complexity index is 1520. The number of nitrogens with one attached hydrogen (secondary N) is 2. The number of fused-ring (bicyclic) bond motifs is 1. The Kier molecular flexibility index (Phi) is 10.4. The molecule has 4 heterocycles. The first-order chi connectivity index (χ1) is 20.4. The molecule has 1 aliphatic heterocycles. The molecule has 1 aliphatic rings. The number of hydrogen-bond acceptors (Lipinski definition) is 7. The van der Waals surface area contributed by atoms with Crippen LogP contribution in [0.2, 0.25) is 0 Å². The second kappa shape index (κ2) is 14.4. The van der Waals surface area contributed by atoms with E-state index in [1.807, 2.05) is 94.0 Å². The smallest absolute Gasteiger partial charge is 0.407 e. The van der Waals surface area contributed by atoms with Gasteiger partial charge in [0, 0.05) is 47.7 Å². The van der Waals surface area contributed by atoms with E-state index in [1.165, 1.54) is 0 Å². The second-order valence-corrected chi connectivity index (χ2v) is 10.7. The zero-order valence-corrected chi connectivity index (χ0v) is 25.2. The molecule has 9 heteroatoms. The molecule has 1 atom stereocenters. The van der Waals surface area contributed by atoms with Crippen molar-refractivity contribution in [3.05, 3.63) is 72.7 Å². The number of benzene rings is 1. The van der Waals surface area contributed by atoms with Crippen LogP contribution in [-0.2, 0) is 4.74 Å². The number of rotatable bonds is 8. The van der Waals surface area contributed by atoms with Crippen LogP contribution < -0.4 is 15.5 Å². The second-order valence-electron chi connectivity index (χ2n) is 10.7. The molecule has 0 aliphatic carbocycles. The van der Waals surface area contributed by atoms with Gasteiger partial charge in [-0.3, -0.25) is 4.40 Å². The molecule has 9 nitrogen and oxygen atoms in total. The molecule has 0 saturated heterocycles. The first-order valence-corrected chi connectivity index (χ1v) is 14.7. The van der Waals surface area contributed by atoms with Crippen molar-refractivity contribution in [3.63, 3.8) is 0 Å². The van der Waals surface area contributed by atoms with Crippen LogP contribution in [0, 0.1) is 11.8 Å². The van der Waals surface area contributed by atoms with Crippen molar-refractivity contribution in [1.29, 1.82) is 0 Å². The molecule has 0 bridgehead atoms. The average molecular weight is 572 g/mol. The van der Waals surface area contributed by atoms with E-state index in [0.29, 0.717) is 13.0 Å². The number of pyridine rings is 1. The van der Waals surface area contributed by atoms with Crippen LogP contribution in [-0.4, -0.2) is 50.7 Å². The molecule has 1 amide bonds. The number of aromatic nitrogens is 4. The van der Waals surface area contributed by atoms with Crippen molar-refractivity contribution in [3.8, 4) is 23.2 Å². The Labute approximate surface area is 251 Å². The highest BCUT2D eigenvalue weighted by molar-refractivity contribution is 5.71. The fourth-order valence-corrected chi connectivity index (χ4v) is 4.68. The lowest BCUT2D eigenvalue weighted by atomic mass is 10.0. The Balaban J connectivity index is 0.00000165. The van der Waals surface area contributed by atoms with Crippen molar-refractivity contribution in [2.45, 2.75) is 65.5 Å².